The van der Waals surface area contributed by atoms with E-state index in [1.807, 2.05) is 53.8 Å². The van der Waals surface area contributed by atoms with Crippen LogP contribution in [0.1, 0.15) is 53.2 Å². The number of fused-ring (bicyclic) bond motifs is 1. The average Bonchev–Trinajstić information content (AvgIpc) is 2.47. The average molecular weight is 250 g/mol. The summed E-state index contributed by atoms with van der Waals surface area (Å²) in [7, 11) is 1.81. The van der Waals surface area contributed by atoms with E-state index in [2.05, 4.69) is 11.9 Å². The van der Waals surface area contributed by atoms with Crippen LogP contribution in [0.4, 0.5) is 5.69 Å². The van der Waals surface area contributed by atoms with E-state index in [9.17, 15) is 4.79 Å². The summed E-state index contributed by atoms with van der Waals surface area (Å²) in [5.41, 5.74) is 1.98. The maximum Gasteiger partial charge on any atom is 0.230 e. The quantitative estimate of drug-likeness (QED) is 0.700. The van der Waals surface area contributed by atoms with Crippen LogP contribution in [0.3, 0.4) is 0 Å². The van der Waals surface area contributed by atoms with Crippen molar-refractivity contribution in [2.45, 2.75) is 47.5 Å². The molecule has 0 aromatic carbocycles. The Bertz CT molecular complexity index is 377. The van der Waals surface area contributed by atoms with Crippen molar-refractivity contribution in [1.29, 1.82) is 0 Å². The van der Waals surface area contributed by atoms with Crippen molar-refractivity contribution in [3.63, 3.8) is 0 Å². The van der Waals surface area contributed by atoms with Crippen LogP contribution < -0.4 is 4.90 Å². The van der Waals surface area contributed by atoms with E-state index >= 15 is 0 Å². The Balaban J connectivity index is 0.000000659. The molecule has 1 aromatic rings. The van der Waals surface area contributed by atoms with Crippen LogP contribution in [-0.2, 0) is 4.79 Å². The van der Waals surface area contributed by atoms with E-state index in [-0.39, 0.29) is 17.7 Å². The fourth-order valence-electron chi connectivity index (χ4n) is 1.92. The fourth-order valence-corrected chi connectivity index (χ4v) is 1.92. The Morgan fingerprint density at radius 3 is 2.22 bits per heavy atom. The summed E-state index contributed by atoms with van der Waals surface area (Å²) >= 11 is 0. The number of pyridine rings is 1. The number of aromatic nitrogens is 1. The van der Waals surface area contributed by atoms with E-state index in [1.54, 1.807) is 11.1 Å². The zero-order valence-corrected chi connectivity index (χ0v) is 12.7. The lowest BCUT2D eigenvalue weighted by Crippen LogP contribution is -2.39. The lowest BCUT2D eigenvalue weighted by atomic mass is 9.87. The largest absolute Gasteiger partial charge is 0.313 e. The standard InChI is InChI=1S/C11H14N2O.2C2H6/c1-7-8(2)11(14)13(3)9-5-4-6-12-10(7)9;2*1-2/h4-8H,1-3H3;2*1-2H3. The predicted molar refractivity (Wildman–Crippen MR) is 77.9 cm³/mol. The van der Waals surface area contributed by atoms with Gasteiger partial charge >= 0.3 is 0 Å². The second-order valence-electron chi connectivity index (χ2n) is 3.88. The van der Waals surface area contributed by atoms with Crippen molar-refractivity contribution >= 4 is 11.6 Å². The summed E-state index contributed by atoms with van der Waals surface area (Å²) in [5, 5.41) is 0. The van der Waals surface area contributed by atoms with Gasteiger partial charge in [-0.25, -0.2) is 0 Å². The van der Waals surface area contributed by atoms with Gasteiger partial charge in [-0.05, 0) is 12.1 Å². The number of anilines is 1. The van der Waals surface area contributed by atoms with Crippen LogP contribution in [0.2, 0.25) is 0 Å². The number of nitrogens with zero attached hydrogens (tertiary/aromatic N) is 2. The van der Waals surface area contributed by atoms with E-state index < -0.39 is 0 Å². The Kier molecular flexibility index (Phi) is 7.25. The van der Waals surface area contributed by atoms with Gasteiger partial charge in [0.1, 0.15) is 0 Å². The molecule has 2 unspecified atom stereocenters. The highest BCUT2D eigenvalue weighted by molar-refractivity contribution is 5.97. The lowest BCUT2D eigenvalue weighted by molar-refractivity contribution is -0.122. The molecule has 102 valence electrons. The maximum atomic E-state index is 11.8. The van der Waals surface area contributed by atoms with Gasteiger partial charge in [0.25, 0.3) is 0 Å². The molecule has 18 heavy (non-hydrogen) atoms. The van der Waals surface area contributed by atoms with E-state index in [1.165, 1.54) is 0 Å². The van der Waals surface area contributed by atoms with Gasteiger partial charge < -0.3 is 4.90 Å². The summed E-state index contributed by atoms with van der Waals surface area (Å²) in [4.78, 5) is 17.8. The van der Waals surface area contributed by atoms with Gasteiger partial charge in [-0.15, -0.1) is 0 Å². The third-order valence-electron chi connectivity index (χ3n) is 3.08. The molecule has 3 heteroatoms. The highest BCUT2D eigenvalue weighted by atomic mass is 16.2. The van der Waals surface area contributed by atoms with E-state index in [0.29, 0.717) is 0 Å². The van der Waals surface area contributed by atoms with Crippen molar-refractivity contribution in [2.75, 3.05) is 11.9 Å². The van der Waals surface area contributed by atoms with Gasteiger partial charge in [-0.3, -0.25) is 9.78 Å². The minimum Gasteiger partial charge on any atom is -0.313 e. The number of rotatable bonds is 0. The third-order valence-corrected chi connectivity index (χ3v) is 3.08. The smallest absolute Gasteiger partial charge is 0.230 e. The van der Waals surface area contributed by atoms with Gasteiger partial charge in [-0.1, -0.05) is 41.5 Å². The molecule has 0 fully saturated rings. The Morgan fingerprint density at radius 1 is 1.11 bits per heavy atom. The van der Waals surface area contributed by atoms with Crippen molar-refractivity contribution in [3.05, 3.63) is 24.0 Å². The molecule has 2 heterocycles. The predicted octanol–water partition coefficient (Wildman–Crippen LogP) is 3.85. The Labute approximate surface area is 111 Å². The maximum absolute atomic E-state index is 11.8. The molecule has 2 atom stereocenters. The number of hydrogen-bond donors (Lipinski definition) is 0. The first kappa shape index (κ1) is 16.6. The molecule has 0 saturated carbocycles. The number of amides is 1. The minimum atomic E-state index is 0.0300. The van der Waals surface area contributed by atoms with Gasteiger partial charge in [0, 0.05) is 25.1 Å². The molecule has 3 nitrogen and oxygen atoms in total. The van der Waals surface area contributed by atoms with Crippen molar-refractivity contribution in [2.24, 2.45) is 5.92 Å². The van der Waals surface area contributed by atoms with Crippen LogP contribution in [0.5, 0.6) is 0 Å². The molecule has 2 rings (SSSR count). The molecule has 1 amide bonds. The molecule has 1 aliphatic rings. The monoisotopic (exact) mass is 250 g/mol. The number of carbonyl (C=O) groups excluding carboxylic acids is 1. The Hall–Kier alpha value is -1.38. The molecule has 1 aromatic heterocycles. The molecule has 1 aliphatic heterocycles. The van der Waals surface area contributed by atoms with Crippen LogP contribution >= 0.6 is 0 Å². The summed E-state index contributed by atoms with van der Waals surface area (Å²) in [6.07, 6.45) is 1.78. The Morgan fingerprint density at radius 2 is 1.67 bits per heavy atom. The number of hydrogen-bond acceptors (Lipinski definition) is 2. The normalized spacial score (nSPS) is 21.1. The molecule has 0 radical (unpaired) electrons. The van der Waals surface area contributed by atoms with Crippen molar-refractivity contribution < 1.29 is 4.79 Å². The lowest BCUT2D eigenvalue weighted by Gasteiger charge is -2.33. The van der Waals surface area contributed by atoms with Gasteiger partial charge in [0.05, 0.1) is 11.4 Å². The number of carbonyl (C=O) groups is 1. The first-order valence-electron chi connectivity index (χ1n) is 6.85. The molecule has 0 N–H and O–H groups in total. The van der Waals surface area contributed by atoms with Crippen LogP contribution in [0.15, 0.2) is 18.3 Å². The zero-order chi connectivity index (χ0) is 14.3. The topological polar surface area (TPSA) is 33.2 Å². The minimum absolute atomic E-state index is 0.0300. The van der Waals surface area contributed by atoms with E-state index in [0.717, 1.165) is 11.4 Å². The van der Waals surface area contributed by atoms with Gasteiger partial charge in [-0.2, -0.15) is 0 Å². The highest BCUT2D eigenvalue weighted by Gasteiger charge is 2.33. The SMILES string of the molecule is CC.CC.CC1C(=O)N(C)c2cccnc2C1C. The van der Waals surface area contributed by atoms with Crippen LogP contribution in [0.25, 0.3) is 0 Å². The second-order valence-corrected chi connectivity index (χ2v) is 3.88. The molecular formula is C15H26N2O. The van der Waals surface area contributed by atoms with Crippen LogP contribution in [-0.4, -0.2) is 17.9 Å². The molecular weight excluding hydrogens is 224 g/mol. The van der Waals surface area contributed by atoms with Crippen LogP contribution in [0, 0.1) is 5.92 Å². The first-order chi connectivity index (χ1) is 8.63. The molecule has 0 spiro atoms. The summed E-state index contributed by atoms with van der Waals surface area (Å²) in [6.45, 7) is 12.0. The summed E-state index contributed by atoms with van der Waals surface area (Å²) in [6, 6.07) is 3.81. The first-order valence-corrected chi connectivity index (χ1v) is 6.85. The summed E-state index contributed by atoms with van der Waals surface area (Å²) < 4.78 is 0. The fraction of sp³-hybridized carbons (Fsp3) is 0.600. The zero-order valence-electron chi connectivity index (χ0n) is 12.7. The third kappa shape index (κ3) is 3.09. The molecule has 0 bridgehead atoms. The van der Waals surface area contributed by atoms with Gasteiger partial charge in [0.2, 0.25) is 5.91 Å². The molecule has 0 aliphatic carbocycles. The van der Waals surface area contributed by atoms with Gasteiger partial charge in [0.15, 0.2) is 0 Å². The summed E-state index contributed by atoms with van der Waals surface area (Å²) in [5.74, 6) is 0.426. The second kappa shape index (κ2) is 7.85. The molecule has 0 saturated heterocycles. The van der Waals surface area contributed by atoms with Crippen molar-refractivity contribution in [3.8, 4) is 0 Å². The van der Waals surface area contributed by atoms with Crippen molar-refractivity contribution in [1.82, 2.24) is 4.98 Å². The highest BCUT2D eigenvalue weighted by Crippen LogP contribution is 2.36. The van der Waals surface area contributed by atoms with E-state index in [4.69, 9.17) is 0 Å².